The van der Waals surface area contributed by atoms with E-state index in [1.807, 2.05) is 29.6 Å². The fraction of sp³-hybridized carbons (Fsp3) is 0.0625. The molecule has 0 aliphatic carbocycles. The first-order valence-electron chi connectivity index (χ1n) is 7.08. The molecule has 0 aliphatic rings. The summed E-state index contributed by atoms with van der Waals surface area (Å²) in [5.41, 5.74) is 0. The first-order valence-corrected chi connectivity index (χ1v) is 8.77. The molecule has 0 spiro atoms. The maximum Gasteiger partial charge on any atom is 0.287 e. The molecular formula is C16H11N3O3S2. The van der Waals surface area contributed by atoms with Gasteiger partial charge in [-0.25, -0.2) is 0 Å². The van der Waals surface area contributed by atoms with Crippen LogP contribution in [-0.2, 0) is 6.54 Å². The van der Waals surface area contributed by atoms with Gasteiger partial charge in [-0.05, 0) is 35.7 Å². The molecule has 0 radical (unpaired) electrons. The van der Waals surface area contributed by atoms with Gasteiger partial charge in [0.25, 0.3) is 11.8 Å². The fourth-order valence-corrected chi connectivity index (χ4v) is 3.60. The van der Waals surface area contributed by atoms with Gasteiger partial charge in [0.1, 0.15) is 0 Å². The van der Waals surface area contributed by atoms with Crippen LogP contribution in [0.25, 0.3) is 21.5 Å². The highest BCUT2D eigenvalue weighted by atomic mass is 32.1. The Hall–Kier alpha value is -2.71. The molecule has 0 aliphatic heterocycles. The second-order valence-corrected chi connectivity index (χ2v) is 6.94. The van der Waals surface area contributed by atoms with Crippen molar-refractivity contribution in [3.63, 3.8) is 0 Å². The van der Waals surface area contributed by atoms with Gasteiger partial charge < -0.3 is 14.3 Å². The van der Waals surface area contributed by atoms with Gasteiger partial charge in [-0.3, -0.25) is 4.79 Å². The van der Waals surface area contributed by atoms with Crippen molar-refractivity contribution >= 4 is 28.6 Å². The van der Waals surface area contributed by atoms with Crippen LogP contribution in [0.5, 0.6) is 0 Å². The Labute approximate surface area is 144 Å². The van der Waals surface area contributed by atoms with Crippen LogP contribution in [0.2, 0.25) is 0 Å². The number of rotatable bonds is 5. The fourth-order valence-electron chi connectivity index (χ4n) is 2.08. The zero-order valence-electron chi connectivity index (χ0n) is 12.3. The average Bonchev–Trinajstić information content (AvgIpc) is 3.40. The molecule has 120 valence electrons. The Morgan fingerprint density at radius 1 is 1.17 bits per heavy atom. The van der Waals surface area contributed by atoms with Crippen LogP contribution in [0.4, 0.5) is 0 Å². The van der Waals surface area contributed by atoms with Gasteiger partial charge in [0.15, 0.2) is 5.76 Å². The molecular weight excluding hydrogens is 346 g/mol. The summed E-state index contributed by atoms with van der Waals surface area (Å²) in [7, 11) is 0. The molecule has 24 heavy (non-hydrogen) atoms. The summed E-state index contributed by atoms with van der Waals surface area (Å²) in [6.45, 7) is 0.413. The minimum atomic E-state index is -0.243. The van der Waals surface area contributed by atoms with Crippen molar-refractivity contribution in [3.05, 3.63) is 58.7 Å². The molecule has 4 aromatic heterocycles. The average molecular weight is 357 g/mol. The second-order valence-electron chi connectivity index (χ2n) is 4.83. The van der Waals surface area contributed by atoms with E-state index in [0.29, 0.717) is 24.0 Å². The number of amides is 1. The molecule has 0 unspecified atom stereocenters. The van der Waals surface area contributed by atoms with Gasteiger partial charge in [0.05, 0.1) is 22.6 Å². The van der Waals surface area contributed by atoms with Crippen LogP contribution >= 0.6 is 22.7 Å². The third kappa shape index (κ3) is 3.01. The first-order chi connectivity index (χ1) is 11.8. The van der Waals surface area contributed by atoms with Crippen molar-refractivity contribution in [2.75, 3.05) is 0 Å². The number of aromatic nitrogens is 2. The maximum atomic E-state index is 11.9. The zero-order chi connectivity index (χ0) is 16.4. The van der Waals surface area contributed by atoms with Gasteiger partial charge >= 0.3 is 0 Å². The monoisotopic (exact) mass is 357 g/mol. The topological polar surface area (TPSA) is 81.2 Å². The van der Waals surface area contributed by atoms with Gasteiger partial charge in [0, 0.05) is 4.88 Å². The Morgan fingerprint density at radius 3 is 2.92 bits per heavy atom. The molecule has 4 rings (SSSR count). The third-order valence-electron chi connectivity index (χ3n) is 3.21. The van der Waals surface area contributed by atoms with Crippen molar-refractivity contribution in [3.8, 4) is 21.5 Å². The van der Waals surface area contributed by atoms with Gasteiger partial charge in [0.2, 0.25) is 5.82 Å². The Morgan fingerprint density at radius 2 is 2.12 bits per heavy atom. The van der Waals surface area contributed by atoms with E-state index in [1.54, 1.807) is 23.5 Å². The lowest BCUT2D eigenvalue weighted by Gasteiger charge is -1.99. The van der Waals surface area contributed by atoms with E-state index in [-0.39, 0.29) is 5.91 Å². The molecule has 6 nitrogen and oxygen atoms in total. The van der Waals surface area contributed by atoms with Gasteiger partial charge in [-0.1, -0.05) is 11.2 Å². The number of carbonyl (C=O) groups is 1. The van der Waals surface area contributed by atoms with Crippen LogP contribution in [0.3, 0.4) is 0 Å². The highest BCUT2D eigenvalue weighted by Crippen LogP contribution is 2.29. The molecule has 0 saturated heterocycles. The summed E-state index contributed by atoms with van der Waals surface area (Å²) < 4.78 is 10.4. The summed E-state index contributed by atoms with van der Waals surface area (Å²) in [5, 5.41) is 8.78. The standard InChI is InChI=1S/C16H11N3O3S2/c20-15(11-3-1-7-21-11)17-9-10-5-6-13(24-10)16-18-14(19-22-16)12-4-2-8-23-12/h1-8H,9H2,(H,17,20). The van der Waals surface area contributed by atoms with E-state index < -0.39 is 0 Å². The number of hydrogen-bond donors (Lipinski definition) is 1. The quantitative estimate of drug-likeness (QED) is 0.583. The molecule has 0 bridgehead atoms. The lowest BCUT2D eigenvalue weighted by molar-refractivity contribution is 0.0923. The molecule has 4 aromatic rings. The normalized spacial score (nSPS) is 10.8. The molecule has 0 fully saturated rings. The number of furan rings is 1. The minimum absolute atomic E-state index is 0.243. The predicted octanol–water partition coefficient (Wildman–Crippen LogP) is 4.05. The molecule has 0 saturated carbocycles. The number of hydrogen-bond acceptors (Lipinski definition) is 7. The van der Waals surface area contributed by atoms with Crippen LogP contribution in [0.1, 0.15) is 15.4 Å². The molecule has 1 N–H and O–H groups in total. The molecule has 8 heteroatoms. The van der Waals surface area contributed by atoms with Crippen LogP contribution in [0, 0.1) is 0 Å². The summed E-state index contributed by atoms with van der Waals surface area (Å²) >= 11 is 3.06. The third-order valence-corrected chi connectivity index (χ3v) is 5.15. The van der Waals surface area contributed by atoms with E-state index in [0.717, 1.165) is 14.6 Å². The Bertz CT molecular complexity index is 939. The summed E-state index contributed by atoms with van der Waals surface area (Å²) in [6.07, 6.45) is 1.47. The summed E-state index contributed by atoms with van der Waals surface area (Å²) in [5.74, 6) is 1.12. The maximum absolute atomic E-state index is 11.9. The van der Waals surface area contributed by atoms with Crippen LogP contribution < -0.4 is 5.32 Å². The Balaban J connectivity index is 1.44. The lowest BCUT2D eigenvalue weighted by atomic mass is 10.4. The van der Waals surface area contributed by atoms with E-state index in [9.17, 15) is 4.79 Å². The van der Waals surface area contributed by atoms with Crippen molar-refractivity contribution in [2.24, 2.45) is 0 Å². The van der Waals surface area contributed by atoms with Gasteiger partial charge in [-0.15, -0.1) is 22.7 Å². The number of nitrogens with one attached hydrogen (secondary N) is 1. The van der Waals surface area contributed by atoms with Crippen molar-refractivity contribution < 1.29 is 13.7 Å². The molecule has 0 aromatic carbocycles. The van der Waals surface area contributed by atoms with Crippen LogP contribution in [0.15, 0.2) is 57.0 Å². The van der Waals surface area contributed by atoms with E-state index >= 15 is 0 Å². The number of thiophene rings is 2. The molecule has 0 atom stereocenters. The van der Waals surface area contributed by atoms with Crippen molar-refractivity contribution in [1.29, 1.82) is 0 Å². The minimum Gasteiger partial charge on any atom is -0.459 e. The van der Waals surface area contributed by atoms with E-state index in [2.05, 4.69) is 15.5 Å². The smallest absolute Gasteiger partial charge is 0.287 e. The molecule has 4 heterocycles. The zero-order valence-corrected chi connectivity index (χ0v) is 13.9. The molecule has 1 amide bonds. The predicted molar refractivity (Wildman–Crippen MR) is 90.8 cm³/mol. The van der Waals surface area contributed by atoms with Crippen molar-refractivity contribution in [2.45, 2.75) is 6.54 Å². The van der Waals surface area contributed by atoms with E-state index in [1.165, 1.54) is 17.6 Å². The largest absolute Gasteiger partial charge is 0.459 e. The summed E-state index contributed by atoms with van der Waals surface area (Å²) in [4.78, 5) is 19.1. The first kappa shape index (κ1) is 14.9. The van der Waals surface area contributed by atoms with Crippen molar-refractivity contribution in [1.82, 2.24) is 15.5 Å². The number of carbonyl (C=O) groups excluding carboxylic acids is 1. The van der Waals surface area contributed by atoms with Gasteiger partial charge in [-0.2, -0.15) is 4.98 Å². The summed E-state index contributed by atoms with van der Waals surface area (Å²) in [6, 6.07) is 11.0. The lowest BCUT2D eigenvalue weighted by Crippen LogP contribution is -2.21. The SMILES string of the molecule is O=C(NCc1ccc(-c2nc(-c3cccs3)no2)s1)c1ccco1. The van der Waals surface area contributed by atoms with Crippen LogP contribution in [-0.4, -0.2) is 16.0 Å². The second kappa shape index (κ2) is 6.42. The highest BCUT2D eigenvalue weighted by Gasteiger charge is 2.14. The number of nitrogens with zero attached hydrogens (tertiary/aromatic N) is 2. The highest BCUT2D eigenvalue weighted by molar-refractivity contribution is 7.15. The Kier molecular flexibility index (Phi) is 3.97. The van der Waals surface area contributed by atoms with E-state index in [4.69, 9.17) is 8.94 Å².